The van der Waals surface area contributed by atoms with Crippen LogP contribution in [0.2, 0.25) is 0 Å². The lowest BCUT2D eigenvalue weighted by Crippen LogP contribution is -2.41. The first-order valence-corrected chi connectivity index (χ1v) is 7.77. The van der Waals surface area contributed by atoms with E-state index in [-0.39, 0.29) is 12.5 Å². The summed E-state index contributed by atoms with van der Waals surface area (Å²) in [5, 5.41) is 2.09. The minimum atomic E-state index is 0.0792. The Bertz CT molecular complexity index is 619. The van der Waals surface area contributed by atoms with Gasteiger partial charge in [0, 0.05) is 37.7 Å². The predicted molar refractivity (Wildman–Crippen MR) is 78.2 cm³/mol. The van der Waals surface area contributed by atoms with Crippen molar-refractivity contribution in [3.63, 3.8) is 0 Å². The molecule has 0 radical (unpaired) electrons. The molecule has 2 aromatic rings. The van der Waals surface area contributed by atoms with E-state index in [0.717, 1.165) is 37.4 Å². The van der Waals surface area contributed by atoms with Crippen LogP contribution in [0.4, 0.5) is 0 Å². The van der Waals surface area contributed by atoms with Crippen LogP contribution >= 0.6 is 11.3 Å². The molecule has 3 heterocycles. The highest BCUT2D eigenvalue weighted by molar-refractivity contribution is 7.15. The highest BCUT2D eigenvalue weighted by atomic mass is 32.1. The molecule has 20 heavy (non-hydrogen) atoms. The van der Waals surface area contributed by atoms with Crippen molar-refractivity contribution in [2.24, 2.45) is 0 Å². The van der Waals surface area contributed by atoms with Gasteiger partial charge < -0.3 is 9.64 Å². The summed E-state index contributed by atoms with van der Waals surface area (Å²) in [4.78, 5) is 19.8. The van der Waals surface area contributed by atoms with E-state index in [4.69, 9.17) is 9.72 Å². The smallest absolute Gasteiger partial charge is 0.248 e. The van der Waals surface area contributed by atoms with Gasteiger partial charge in [-0.15, -0.1) is 11.3 Å². The third-order valence-corrected chi connectivity index (χ3v) is 4.77. The number of carbonyl (C=O) groups is 1. The van der Waals surface area contributed by atoms with Gasteiger partial charge in [-0.1, -0.05) is 0 Å². The maximum Gasteiger partial charge on any atom is 0.248 e. The van der Waals surface area contributed by atoms with Crippen molar-refractivity contribution in [1.82, 2.24) is 14.3 Å². The summed E-state index contributed by atoms with van der Waals surface area (Å²) in [5.74, 6) is 1.44. The summed E-state index contributed by atoms with van der Waals surface area (Å²) in [5.41, 5.74) is 1.15. The van der Waals surface area contributed by atoms with Crippen molar-refractivity contribution >= 4 is 22.1 Å². The number of hydrogen-bond donors (Lipinski definition) is 0. The number of hydrogen-bond acceptors (Lipinski definition) is 4. The topological polar surface area (TPSA) is 46.8 Å². The van der Waals surface area contributed by atoms with E-state index in [0.29, 0.717) is 5.92 Å². The third kappa shape index (κ3) is 2.33. The van der Waals surface area contributed by atoms with Crippen LogP contribution in [0.5, 0.6) is 0 Å². The van der Waals surface area contributed by atoms with Crippen LogP contribution in [0.1, 0.15) is 30.3 Å². The lowest BCUT2D eigenvalue weighted by Gasteiger charge is -2.31. The molecular weight excluding hydrogens is 274 g/mol. The van der Waals surface area contributed by atoms with E-state index in [1.54, 1.807) is 18.4 Å². The second-order valence-electron chi connectivity index (χ2n) is 5.23. The van der Waals surface area contributed by atoms with Gasteiger partial charge in [-0.3, -0.25) is 9.20 Å². The SMILES string of the molecule is COCC(=O)N1CCC[C@H](c2nc(C)n3ccsc23)C1. The molecule has 5 nitrogen and oxygen atoms in total. The lowest BCUT2D eigenvalue weighted by molar-refractivity contribution is -0.136. The maximum atomic E-state index is 12.0. The minimum Gasteiger partial charge on any atom is -0.375 e. The molecule has 0 bridgehead atoms. The van der Waals surface area contributed by atoms with Gasteiger partial charge in [-0.25, -0.2) is 4.98 Å². The fraction of sp³-hybridized carbons (Fsp3) is 0.571. The number of rotatable bonds is 3. The number of ether oxygens (including phenoxy) is 1. The van der Waals surface area contributed by atoms with Gasteiger partial charge in [0.15, 0.2) is 0 Å². The summed E-state index contributed by atoms with van der Waals surface area (Å²) >= 11 is 1.72. The minimum absolute atomic E-state index is 0.0792. The molecule has 1 aliphatic heterocycles. The van der Waals surface area contributed by atoms with Crippen LogP contribution in [0.25, 0.3) is 4.83 Å². The molecule has 1 fully saturated rings. The number of carbonyl (C=O) groups excluding carboxylic acids is 1. The molecule has 0 saturated carbocycles. The summed E-state index contributed by atoms with van der Waals surface area (Å²) in [6.07, 6.45) is 4.19. The molecule has 108 valence electrons. The van der Waals surface area contributed by atoms with Gasteiger partial charge in [0.2, 0.25) is 5.91 Å². The van der Waals surface area contributed by atoms with Crippen LogP contribution in [0.3, 0.4) is 0 Å². The van der Waals surface area contributed by atoms with Crippen molar-refractivity contribution in [2.75, 3.05) is 26.8 Å². The molecule has 0 spiro atoms. The fourth-order valence-corrected chi connectivity index (χ4v) is 3.85. The van der Waals surface area contributed by atoms with Gasteiger partial charge in [-0.2, -0.15) is 0 Å². The van der Waals surface area contributed by atoms with Crippen LogP contribution in [-0.2, 0) is 9.53 Å². The Balaban J connectivity index is 1.83. The van der Waals surface area contributed by atoms with Crippen molar-refractivity contribution in [1.29, 1.82) is 0 Å². The number of aromatic nitrogens is 2. The normalized spacial score (nSPS) is 19.7. The largest absolute Gasteiger partial charge is 0.375 e. The van der Waals surface area contributed by atoms with Crippen LogP contribution in [0, 0.1) is 6.92 Å². The summed E-state index contributed by atoms with van der Waals surface area (Å²) < 4.78 is 7.09. The van der Waals surface area contributed by atoms with E-state index in [9.17, 15) is 4.79 Å². The molecule has 1 amide bonds. The van der Waals surface area contributed by atoms with Crippen LogP contribution in [-0.4, -0.2) is 47.0 Å². The second kappa shape index (κ2) is 5.54. The zero-order valence-electron chi connectivity index (χ0n) is 11.8. The fourth-order valence-electron chi connectivity index (χ4n) is 2.90. The number of piperidine rings is 1. The Hall–Kier alpha value is -1.40. The second-order valence-corrected chi connectivity index (χ2v) is 6.13. The maximum absolute atomic E-state index is 12.0. The zero-order valence-corrected chi connectivity index (χ0v) is 12.7. The standard InChI is InChI=1S/C14H19N3O2S/c1-10-15-13(14-17(10)6-7-20-14)11-4-3-5-16(8-11)12(18)9-19-2/h6-7,11H,3-5,8-9H2,1-2H3/t11-/m0/s1. The molecule has 1 aliphatic rings. The van der Waals surface area contributed by atoms with Crippen molar-refractivity contribution in [2.45, 2.75) is 25.7 Å². The Kier molecular flexibility index (Phi) is 3.76. The molecular formula is C14H19N3O2S. The van der Waals surface area contributed by atoms with Gasteiger partial charge in [0.1, 0.15) is 17.3 Å². The van der Waals surface area contributed by atoms with Crippen LogP contribution < -0.4 is 0 Å². The predicted octanol–water partition coefficient (Wildman–Crippen LogP) is 2.06. The highest BCUT2D eigenvalue weighted by Crippen LogP contribution is 2.31. The van der Waals surface area contributed by atoms with E-state index >= 15 is 0 Å². The average molecular weight is 293 g/mol. The summed E-state index contributed by atoms with van der Waals surface area (Å²) in [6, 6.07) is 0. The van der Waals surface area contributed by atoms with Gasteiger partial charge in [0.25, 0.3) is 0 Å². The molecule has 0 unspecified atom stereocenters. The van der Waals surface area contributed by atoms with E-state index in [1.807, 2.05) is 11.8 Å². The van der Waals surface area contributed by atoms with Crippen molar-refractivity contribution < 1.29 is 9.53 Å². The number of nitrogens with zero attached hydrogens (tertiary/aromatic N) is 3. The molecule has 1 saturated heterocycles. The van der Waals surface area contributed by atoms with Gasteiger partial charge in [0.05, 0.1) is 5.69 Å². The number of thiazole rings is 1. The number of aryl methyl sites for hydroxylation is 1. The molecule has 6 heteroatoms. The number of likely N-dealkylation sites (tertiary alicyclic amines) is 1. The molecule has 0 aromatic carbocycles. The van der Waals surface area contributed by atoms with Gasteiger partial charge >= 0.3 is 0 Å². The lowest BCUT2D eigenvalue weighted by atomic mass is 9.95. The van der Waals surface area contributed by atoms with Gasteiger partial charge in [-0.05, 0) is 19.8 Å². The number of imidazole rings is 1. The Labute approximate surface area is 122 Å². The molecule has 3 rings (SSSR count). The summed E-state index contributed by atoms with van der Waals surface area (Å²) in [6.45, 7) is 3.79. The van der Waals surface area contributed by atoms with E-state index in [1.165, 1.54) is 4.83 Å². The number of methoxy groups -OCH3 is 1. The Morgan fingerprint density at radius 2 is 2.45 bits per heavy atom. The van der Waals surface area contributed by atoms with Crippen LogP contribution in [0.15, 0.2) is 11.6 Å². The number of fused-ring (bicyclic) bond motifs is 1. The summed E-state index contributed by atoms with van der Waals surface area (Å²) in [7, 11) is 1.56. The molecule has 2 aromatic heterocycles. The highest BCUT2D eigenvalue weighted by Gasteiger charge is 2.28. The molecule has 0 aliphatic carbocycles. The van der Waals surface area contributed by atoms with E-state index in [2.05, 4.69) is 16.0 Å². The van der Waals surface area contributed by atoms with Crippen molar-refractivity contribution in [3.05, 3.63) is 23.1 Å². The first-order chi connectivity index (χ1) is 9.70. The van der Waals surface area contributed by atoms with Crippen molar-refractivity contribution in [3.8, 4) is 0 Å². The molecule has 1 atom stereocenters. The number of amides is 1. The average Bonchev–Trinajstić information content (AvgIpc) is 3.04. The monoisotopic (exact) mass is 293 g/mol. The first-order valence-electron chi connectivity index (χ1n) is 6.89. The zero-order chi connectivity index (χ0) is 14.1. The Morgan fingerprint density at radius 3 is 3.25 bits per heavy atom. The first kappa shape index (κ1) is 13.6. The van der Waals surface area contributed by atoms with E-state index < -0.39 is 0 Å². The quantitative estimate of drug-likeness (QED) is 0.870. The Morgan fingerprint density at radius 1 is 1.60 bits per heavy atom. The molecule has 0 N–H and O–H groups in total. The third-order valence-electron chi connectivity index (χ3n) is 3.89.